The quantitative estimate of drug-likeness (QED) is 0.492. The molecule has 0 heterocycles. The molecule has 0 amide bonds. The Morgan fingerprint density at radius 1 is 1.46 bits per heavy atom. The van der Waals surface area contributed by atoms with Gasteiger partial charge in [-0.1, -0.05) is 0 Å². The van der Waals surface area contributed by atoms with Crippen LogP contribution in [0.15, 0.2) is 11.6 Å². The number of carbonyl (C=O) groups is 1. The maximum absolute atomic E-state index is 12.6. The average Bonchev–Trinajstić information content (AvgIpc) is 1.81. The topological polar surface area (TPSA) is 26.3 Å². The fourth-order valence-electron chi connectivity index (χ4n) is 0.632. The number of hydrogen-bond donors (Lipinski definition) is 0. The summed E-state index contributed by atoms with van der Waals surface area (Å²) in [6.45, 7) is 8.26. The van der Waals surface area contributed by atoms with Crippen LogP contribution < -0.4 is 0 Å². The lowest BCUT2D eigenvalue weighted by Crippen LogP contribution is -2.23. The first-order valence-electron chi connectivity index (χ1n) is 4.27. The Morgan fingerprint density at radius 2 is 1.92 bits per heavy atom. The van der Waals surface area contributed by atoms with Gasteiger partial charge in [0.15, 0.2) is 0 Å². The molecule has 0 aromatic rings. The molecule has 0 radical (unpaired) electrons. The van der Waals surface area contributed by atoms with Crippen LogP contribution in [-0.4, -0.2) is 17.7 Å². The number of carbonyl (C=O) groups excluding carboxylic acids is 1. The predicted octanol–water partition coefficient (Wildman–Crippen LogP) is 2.63. The van der Waals surface area contributed by atoms with Crippen molar-refractivity contribution in [2.24, 2.45) is 0 Å². The molecule has 0 N–H and O–H groups in total. The monoisotopic (exact) mass is 188 g/mol. The van der Waals surface area contributed by atoms with Gasteiger partial charge in [-0.05, 0) is 40.2 Å². The summed E-state index contributed by atoms with van der Waals surface area (Å²) in [6.07, 6.45) is 0.0862. The van der Waals surface area contributed by atoms with Crippen molar-refractivity contribution in [3.05, 3.63) is 11.6 Å². The Hall–Kier alpha value is -0.860. The minimum absolute atomic E-state index is 0.384. The van der Waals surface area contributed by atoms with Crippen molar-refractivity contribution in [2.75, 3.05) is 0 Å². The fraction of sp³-hybridized carbons (Fsp3) is 0.700. The molecule has 3 heteroatoms. The first kappa shape index (κ1) is 12.1. The summed E-state index contributed by atoms with van der Waals surface area (Å²) in [5, 5.41) is 0. The predicted molar refractivity (Wildman–Crippen MR) is 50.2 cm³/mol. The smallest absolute Gasteiger partial charge is 0.331 e. The second kappa shape index (κ2) is 4.40. The fourth-order valence-corrected chi connectivity index (χ4v) is 0.632. The van der Waals surface area contributed by atoms with Crippen LogP contribution in [0.2, 0.25) is 0 Å². The lowest BCUT2D eigenvalue weighted by Gasteiger charge is -2.18. The van der Waals surface area contributed by atoms with E-state index in [-0.39, 0.29) is 0 Å². The van der Waals surface area contributed by atoms with Crippen molar-refractivity contribution in [1.29, 1.82) is 0 Å². The summed E-state index contributed by atoms with van der Waals surface area (Å²) in [5.41, 5.74) is -0.137. The molecule has 0 spiro atoms. The van der Waals surface area contributed by atoms with Crippen molar-refractivity contribution in [3.8, 4) is 0 Å². The summed E-state index contributed by atoms with van der Waals surface area (Å²) < 4.78 is 17.6. The summed E-state index contributed by atoms with van der Waals surface area (Å²) in [5.74, 6) is -0.491. The van der Waals surface area contributed by atoms with Crippen LogP contribution in [0.5, 0.6) is 0 Å². The van der Waals surface area contributed by atoms with E-state index in [2.05, 4.69) is 0 Å². The molecule has 13 heavy (non-hydrogen) atoms. The zero-order chi connectivity index (χ0) is 10.6. The van der Waals surface area contributed by atoms with Gasteiger partial charge in [-0.2, -0.15) is 0 Å². The molecule has 0 aliphatic carbocycles. The summed E-state index contributed by atoms with van der Waals surface area (Å²) >= 11 is 0. The molecule has 0 saturated carbocycles. The second-order valence-electron chi connectivity index (χ2n) is 4.04. The van der Waals surface area contributed by atoms with Crippen LogP contribution in [0, 0.1) is 0 Å². The van der Waals surface area contributed by atoms with Crippen molar-refractivity contribution < 1.29 is 13.9 Å². The summed E-state index contributed by atoms with van der Waals surface area (Å²) in [7, 11) is 0. The van der Waals surface area contributed by atoms with Crippen LogP contribution in [0.3, 0.4) is 0 Å². The Kier molecular flexibility index (Phi) is 4.11. The molecule has 0 aromatic carbocycles. The van der Waals surface area contributed by atoms with E-state index in [1.54, 1.807) is 27.7 Å². The molecule has 1 unspecified atom stereocenters. The highest BCUT2D eigenvalue weighted by atomic mass is 19.1. The third kappa shape index (κ3) is 6.31. The lowest BCUT2D eigenvalue weighted by atomic mass is 10.2. The maximum atomic E-state index is 12.6. The minimum Gasteiger partial charge on any atom is -0.457 e. The van der Waals surface area contributed by atoms with E-state index in [4.69, 9.17) is 4.74 Å². The zero-order valence-corrected chi connectivity index (χ0v) is 8.85. The molecule has 0 aliphatic rings. The van der Waals surface area contributed by atoms with Gasteiger partial charge in [-0.25, -0.2) is 9.18 Å². The number of halogens is 1. The van der Waals surface area contributed by atoms with Crippen molar-refractivity contribution in [1.82, 2.24) is 0 Å². The number of ether oxygens (including phenoxy) is 1. The first-order chi connectivity index (χ1) is 5.72. The third-order valence-corrected chi connectivity index (χ3v) is 1.38. The molecule has 0 aromatic heterocycles. The lowest BCUT2D eigenvalue weighted by molar-refractivity contribution is -0.148. The highest BCUT2D eigenvalue weighted by molar-refractivity contribution is 5.83. The molecule has 0 fully saturated rings. The summed E-state index contributed by atoms with van der Waals surface area (Å²) in [6, 6.07) is 0. The molecule has 76 valence electrons. The molecule has 0 aliphatic heterocycles. The average molecular weight is 188 g/mol. The molecule has 0 saturated heterocycles. The normalized spacial score (nSPS) is 15.4. The second-order valence-corrected chi connectivity index (χ2v) is 4.04. The van der Waals surface area contributed by atoms with Gasteiger partial charge in [0.05, 0.1) is 0 Å². The number of rotatable bonds is 2. The van der Waals surface area contributed by atoms with Gasteiger partial charge in [0, 0.05) is 6.08 Å². The van der Waals surface area contributed by atoms with Gasteiger partial charge >= 0.3 is 5.97 Å². The van der Waals surface area contributed by atoms with Crippen molar-refractivity contribution in [2.45, 2.75) is 46.4 Å². The Morgan fingerprint density at radius 3 is 2.23 bits per heavy atom. The van der Waals surface area contributed by atoms with Gasteiger partial charge in [-0.15, -0.1) is 0 Å². The number of hydrogen-bond acceptors (Lipinski definition) is 2. The van der Waals surface area contributed by atoms with Crippen LogP contribution in [-0.2, 0) is 9.53 Å². The molecule has 2 nitrogen and oxygen atoms in total. The van der Waals surface area contributed by atoms with Gasteiger partial charge in [-0.3, -0.25) is 0 Å². The largest absolute Gasteiger partial charge is 0.457 e. The van der Waals surface area contributed by atoms with E-state index in [0.29, 0.717) is 5.57 Å². The van der Waals surface area contributed by atoms with Crippen LogP contribution >= 0.6 is 0 Å². The third-order valence-electron chi connectivity index (χ3n) is 1.38. The summed E-state index contributed by atoms with van der Waals surface area (Å²) in [4.78, 5) is 11.1. The Bertz CT molecular complexity index is 211. The van der Waals surface area contributed by atoms with Crippen LogP contribution in [0.1, 0.15) is 34.6 Å². The van der Waals surface area contributed by atoms with E-state index >= 15 is 0 Å². The standard InChI is InChI=1S/C10H17FO2/c1-7(8(2)11)6-9(12)13-10(3,4)5/h6,8H,1-5H3. The van der Waals surface area contributed by atoms with Gasteiger partial charge in [0.1, 0.15) is 11.8 Å². The molecule has 0 rings (SSSR count). The number of allylic oxidation sites excluding steroid dienone is 1. The van der Waals surface area contributed by atoms with Gasteiger partial charge < -0.3 is 4.74 Å². The molecule has 0 bridgehead atoms. The highest BCUT2D eigenvalue weighted by Crippen LogP contribution is 2.10. The van der Waals surface area contributed by atoms with E-state index < -0.39 is 17.7 Å². The van der Waals surface area contributed by atoms with Gasteiger partial charge in [0.25, 0.3) is 0 Å². The van der Waals surface area contributed by atoms with Crippen molar-refractivity contribution in [3.63, 3.8) is 0 Å². The molecular formula is C10H17FO2. The first-order valence-corrected chi connectivity index (χ1v) is 4.27. The van der Waals surface area contributed by atoms with E-state index in [0.717, 1.165) is 0 Å². The van der Waals surface area contributed by atoms with Crippen molar-refractivity contribution >= 4 is 5.97 Å². The Balaban J connectivity index is 4.24. The number of alkyl halides is 1. The SMILES string of the molecule is CC(=CC(=O)OC(C)(C)C)C(C)F. The Labute approximate surface area is 78.8 Å². The number of esters is 1. The highest BCUT2D eigenvalue weighted by Gasteiger charge is 2.15. The van der Waals surface area contributed by atoms with E-state index in [1.165, 1.54) is 13.0 Å². The maximum Gasteiger partial charge on any atom is 0.331 e. The van der Waals surface area contributed by atoms with E-state index in [9.17, 15) is 9.18 Å². The molecule has 1 atom stereocenters. The van der Waals surface area contributed by atoms with Crippen LogP contribution in [0.4, 0.5) is 4.39 Å². The molecular weight excluding hydrogens is 171 g/mol. The van der Waals surface area contributed by atoms with E-state index in [1.807, 2.05) is 0 Å². The minimum atomic E-state index is -1.10. The van der Waals surface area contributed by atoms with Gasteiger partial charge in [0.2, 0.25) is 0 Å². The zero-order valence-electron chi connectivity index (χ0n) is 8.85. The van der Waals surface area contributed by atoms with Crippen LogP contribution in [0.25, 0.3) is 0 Å².